The number of hydrogen-bond donors (Lipinski definition) is 2. The number of nitrogens with one attached hydrogen (secondary N) is 1. The van der Waals surface area contributed by atoms with Crippen LogP contribution in [0.5, 0.6) is 0 Å². The highest BCUT2D eigenvalue weighted by Gasteiger charge is 2.56. The standard InChI is InChI=1S/C31H41ClFN4O11PS/c1-2-3-4-5-6-7-8-9-10-24(38)44-17-45-49(40,41)18-50(42,43)16-23-26-27(48-31(39)47-26)30(46-23)37-12-11-21-25(35-20-13-19(33)14-20)22(15-34)28(32)36-29(21)37/h11-12,19-20,23,26-27,30H,2-10,13-14,16-18H2,1H3,(H,35,36)(H,40,41)/t19?,20?,23-,26-,27-,30-/m1/s1. The normalized spacial score (nSPS) is 25.6. The van der Waals surface area contributed by atoms with Crippen molar-refractivity contribution in [2.45, 2.75) is 114 Å². The third kappa shape index (κ3) is 9.45. The first-order valence-electron chi connectivity index (χ1n) is 16.7. The number of alkyl halides is 1. The van der Waals surface area contributed by atoms with E-state index in [9.17, 15) is 37.1 Å². The minimum absolute atomic E-state index is 0.0537. The van der Waals surface area contributed by atoms with Crippen LogP contribution in [0.25, 0.3) is 11.0 Å². The number of nitriles is 1. The fourth-order valence-corrected chi connectivity index (χ4v) is 10.2. The van der Waals surface area contributed by atoms with Gasteiger partial charge in [-0.15, -0.1) is 0 Å². The number of halogens is 2. The number of aromatic nitrogens is 2. The Bertz CT molecular complexity index is 1750. The van der Waals surface area contributed by atoms with E-state index in [1.807, 2.05) is 6.07 Å². The second-order valence-corrected chi connectivity index (χ2v) is 17.5. The van der Waals surface area contributed by atoms with E-state index in [4.69, 9.17) is 35.1 Å². The first kappa shape index (κ1) is 38.2. The quantitative estimate of drug-likeness (QED) is 0.0564. The van der Waals surface area contributed by atoms with Gasteiger partial charge in [0.15, 0.2) is 38.9 Å². The second-order valence-electron chi connectivity index (χ2n) is 12.8. The van der Waals surface area contributed by atoms with Crippen molar-refractivity contribution in [2.24, 2.45) is 0 Å². The van der Waals surface area contributed by atoms with E-state index in [0.29, 0.717) is 17.5 Å². The van der Waals surface area contributed by atoms with Crippen LogP contribution in [0.4, 0.5) is 14.9 Å². The molecule has 0 spiro atoms. The largest absolute Gasteiger partial charge is 0.509 e. The van der Waals surface area contributed by atoms with E-state index in [0.717, 1.165) is 25.7 Å². The molecule has 0 amide bonds. The number of fused-ring (bicyclic) bond motifs is 2. The molecule has 2 aliphatic heterocycles. The van der Waals surface area contributed by atoms with Gasteiger partial charge in [0.2, 0.25) is 6.79 Å². The molecule has 2 aromatic heterocycles. The molecule has 0 aromatic carbocycles. The van der Waals surface area contributed by atoms with Gasteiger partial charge in [0.25, 0.3) is 0 Å². The van der Waals surface area contributed by atoms with Crippen LogP contribution in [-0.4, -0.2) is 83.6 Å². The van der Waals surface area contributed by atoms with Crippen LogP contribution < -0.4 is 5.32 Å². The lowest BCUT2D eigenvalue weighted by molar-refractivity contribution is -0.150. The molecule has 2 aromatic rings. The van der Waals surface area contributed by atoms with E-state index in [1.165, 1.54) is 30.0 Å². The maximum atomic E-state index is 13.5. The van der Waals surface area contributed by atoms with Crippen molar-refractivity contribution in [3.63, 3.8) is 0 Å². The number of pyridine rings is 1. The van der Waals surface area contributed by atoms with Crippen LogP contribution in [0.1, 0.15) is 89.3 Å². The molecular formula is C31H41ClFN4O11PS. The zero-order chi connectivity index (χ0) is 36.1. The van der Waals surface area contributed by atoms with Crippen molar-refractivity contribution >= 4 is 57.9 Å². The number of nitrogens with zero attached hydrogens (tertiary/aromatic N) is 3. The van der Waals surface area contributed by atoms with Crippen LogP contribution in [0.3, 0.4) is 0 Å². The van der Waals surface area contributed by atoms with E-state index >= 15 is 0 Å². The fourth-order valence-electron chi connectivity index (χ4n) is 6.29. The van der Waals surface area contributed by atoms with Gasteiger partial charge in [-0.05, 0) is 25.3 Å². The predicted molar refractivity (Wildman–Crippen MR) is 178 cm³/mol. The van der Waals surface area contributed by atoms with Gasteiger partial charge >= 0.3 is 19.7 Å². The molecule has 276 valence electrons. The van der Waals surface area contributed by atoms with Gasteiger partial charge in [0.05, 0.1) is 11.4 Å². The fraction of sp³-hybridized carbons (Fsp3) is 0.677. The van der Waals surface area contributed by atoms with E-state index in [1.54, 1.807) is 6.07 Å². The van der Waals surface area contributed by atoms with Crippen LogP contribution in [0.15, 0.2) is 12.3 Å². The molecule has 1 aliphatic carbocycles. The Labute approximate surface area is 294 Å². The van der Waals surface area contributed by atoms with Gasteiger partial charge in [0, 0.05) is 24.0 Å². The summed E-state index contributed by atoms with van der Waals surface area (Å²) >= 11 is 6.35. The third-order valence-corrected chi connectivity index (χ3v) is 13.4. The highest BCUT2D eigenvalue weighted by molar-refractivity contribution is 7.97. The Morgan fingerprint density at radius 2 is 1.88 bits per heavy atom. The average molecular weight is 763 g/mol. The number of sulfone groups is 1. The number of esters is 1. The molecule has 3 fully saturated rings. The van der Waals surface area contributed by atoms with Gasteiger partial charge in [-0.1, -0.05) is 63.5 Å². The molecule has 2 saturated heterocycles. The first-order valence-corrected chi connectivity index (χ1v) is 20.6. The summed E-state index contributed by atoms with van der Waals surface area (Å²) in [6.45, 7) is 1.25. The maximum absolute atomic E-state index is 13.5. The molecule has 1 saturated carbocycles. The number of rotatable bonds is 19. The van der Waals surface area contributed by atoms with Crippen molar-refractivity contribution in [2.75, 3.05) is 23.4 Å². The van der Waals surface area contributed by atoms with Crippen LogP contribution in [0, 0.1) is 11.3 Å². The molecule has 3 aliphatic rings. The lowest BCUT2D eigenvalue weighted by Gasteiger charge is -2.31. The summed E-state index contributed by atoms with van der Waals surface area (Å²) in [5, 5.41) is 13.2. The van der Waals surface area contributed by atoms with E-state index in [2.05, 4.69) is 17.2 Å². The zero-order valence-electron chi connectivity index (χ0n) is 27.5. The number of unbranched alkanes of at least 4 members (excludes halogenated alkanes) is 7. The van der Waals surface area contributed by atoms with Gasteiger partial charge in [0.1, 0.15) is 29.6 Å². The molecule has 4 heterocycles. The van der Waals surface area contributed by atoms with Gasteiger partial charge in [-0.3, -0.25) is 13.9 Å². The highest BCUT2D eigenvalue weighted by atomic mass is 35.5. The van der Waals surface area contributed by atoms with Gasteiger partial charge in [-0.25, -0.2) is 22.6 Å². The van der Waals surface area contributed by atoms with Gasteiger partial charge in [-0.2, -0.15) is 5.26 Å². The van der Waals surface area contributed by atoms with Crippen LogP contribution >= 0.6 is 19.2 Å². The highest BCUT2D eigenvalue weighted by Crippen LogP contribution is 2.46. The first-order chi connectivity index (χ1) is 23.8. The van der Waals surface area contributed by atoms with Crippen molar-refractivity contribution in [1.29, 1.82) is 5.26 Å². The third-order valence-electron chi connectivity index (χ3n) is 8.87. The summed E-state index contributed by atoms with van der Waals surface area (Å²) in [4.78, 5) is 38.7. The lowest BCUT2D eigenvalue weighted by Crippen LogP contribution is -2.36. The molecular weight excluding hydrogens is 722 g/mol. The molecule has 1 unspecified atom stereocenters. The Balaban J connectivity index is 1.18. The average Bonchev–Trinajstić information content (AvgIpc) is 3.70. The monoisotopic (exact) mass is 762 g/mol. The van der Waals surface area contributed by atoms with Crippen LogP contribution in [0.2, 0.25) is 5.15 Å². The lowest BCUT2D eigenvalue weighted by atomic mass is 9.90. The summed E-state index contributed by atoms with van der Waals surface area (Å²) in [6.07, 6.45) is 3.52. The minimum atomic E-state index is -4.79. The smallest absolute Gasteiger partial charge is 0.438 e. The Hall–Kier alpha value is -3.00. The number of ether oxygens (including phenoxy) is 4. The summed E-state index contributed by atoms with van der Waals surface area (Å²) in [5.41, 5.74) is -0.724. The van der Waals surface area contributed by atoms with E-state index in [-0.39, 0.29) is 41.7 Å². The molecule has 15 nitrogen and oxygen atoms in total. The second kappa shape index (κ2) is 16.6. The minimum Gasteiger partial charge on any atom is -0.438 e. The Kier molecular flexibility index (Phi) is 12.7. The zero-order valence-corrected chi connectivity index (χ0v) is 30.0. The molecule has 2 N–H and O–H groups in total. The summed E-state index contributed by atoms with van der Waals surface area (Å²) in [7, 11) is -9.20. The Morgan fingerprint density at radius 3 is 2.56 bits per heavy atom. The molecule has 0 radical (unpaired) electrons. The van der Waals surface area contributed by atoms with Gasteiger partial charge < -0.3 is 33.7 Å². The molecule has 50 heavy (non-hydrogen) atoms. The molecule has 19 heteroatoms. The molecule has 5 atom stereocenters. The van der Waals surface area contributed by atoms with Crippen molar-refractivity contribution < 1.29 is 55.3 Å². The van der Waals surface area contributed by atoms with Crippen LogP contribution in [-0.2, 0) is 42.7 Å². The summed E-state index contributed by atoms with van der Waals surface area (Å²) < 4.78 is 80.0. The maximum Gasteiger partial charge on any atom is 0.509 e. The summed E-state index contributed by atoms with van der Waals surface area (Å²) in [6, 6.07) is 3.38. The Morgan fingerprint density at radius 1 is 1.20 bits per heavy atom. The molecule has 5 rings (SSSR count). The molecule has 0 bridgehead atoms. The van der Waals surface area contributed by atoms with Crippen molar-refractivity contribution in [1.82, 2.24) is 9.55 Å². The SMILES string of the molecule is CCCCCCCCCCC(=O)OCOP(=O)(O)CS(=O)(=O)C[C@H]1O[C@@H](n2ccc3c(NC4CC(F)C4)c(C#N)c(Cl)nc32)[C@@H]2OC(=O)O[C@@H]21. The topological polar surface area (TPSA) is 205 Å². The number of carbonyl (C=O) groups is 2. The number of anilines is 1. The predicted octanol–water partition coefficient (Wildman–Crippen LogP) is 5.88. The number of carbonyl (C=O) groups excluding carboxylic acids is 2. The number of hydrogen-bond acceptors (Lipinski definition) is 13. The van der Waals surface area contributed by atoms with Crippen molar-refractivity contribution in [3.8, 4) is 6.07 Å². The van der Waals surface area contributed by atoms with Crippen molar-refractivity contribution in [3.05, 3.63) is 23.0 Å². The summed E-state index contributed by atoms with van der Waals surface area (Å²) in [5.74, 6) is -1.48. The van der Waals surface area contributed by atoms with E-state index < -0.39 is 78.3 Å².